The molecule has 1 aromatic rings. The van der Waals surface area contributed by atoms with Crippen molar-refractivity contribution in [3.8, 4) is 0 Å². The molecule has 0 aliphatic carbocycles. The van der Waals surface area contributed by atoms with Gasteiger partial charge in [0.05, 0.1) is 6.54 Å². The summed E-state index contributed by atoms with van der Waals surface area (Å²) in [4.78, 5) is 13.8. The third kappa shape index (κ3) is 5.65. The van der Waals surface area contributed by atoms with E-state index in [9.17, 15) is 0 Å². The van der Waals surface area contributed by atoms with Crippen molar-refractivity contribution in [3.63, 3.8) is 0 Å². The van der Waals surface area contributed by atoms with Gasteiger partial charge in [-0.25, -0.2) is 0 Å². The molecule has 2 aliphatic rings. The molecule has 1 N–H and O–H groups in total. The highest BCUT2D eigenvalue weighted by Crippen LogP contribution is 2.20. The van der Waals surface area contributed by atoms with E-state index >= 15 is 0 Å². The van der Waals surface area contributed by atoms with Crippen LogP contribution in [-0.2, 0) is 11.3 Å². The third-order valence-electron chi connectivity index (χ3n) is 5.42. The van der Waals surface area contributed by atoms with Crippen molar-refractivity contribution in [2.45, 2.75) is 52.2 Å². The summed E-state index contributed by atoms with van der Waals surface area (Å²) in [5, 5.41) is 7.36. The molecule has 3 heterocycles. The molecule has 0 amide bonds. The van der Waals surface area contributed by atoms with E-state index in [-0.39, 0.29) is 6.10 Å². The molecule has 2 atom stereocenters. The summed E-state index contributed by atoms with van der Waals surface area (Å²) in [5.74, 6) is 2.78. The highest BCUT2D eigenvalue weighted by Gasteiger charge is 2.27. The van der Waals surface area contributed by atoms with Crippen LogP contribution in [0.25, 0.3) is 0 Å². The zero-order valence-corrected chi connectivity index (χ0v) is 17.0. The molecule has 2 saturated heterocycles. The highest BCUT2D eigenvalue weighted by atomic mass is 16.5. The van der Waals surface area contributed by atoms with E-state index in [1.54, 1.807) is 0 Å². The minimum Gasteiger partial charge on any atom is -0.371 e. The molecule has 0 aromatic carbocycles. The average Bonchev–Trinajstić information content (AvgIpc) is 3.33. The van der Waals surface area contributed by atoms with Crippen molar-refractivity contribution >= 4 is 5.96 Å². The number of hydrogen-bond donors (Lipinski definition) is 1. The zero-order valence-electron chi connectivity index (χ0n) is 17.0. The number of rotatable bonds is 7. The second-order valence-corrected chi connectivity index (χ2v) is 7.51. The Hall–Kier alpha value is -1.67. The van der Waals surface area contributed by atoms with Gasteiger partial charge >= 0.3 is 0 Å². The fourth-order valence-corrected chi connectivity index (χ4v) is 4.00. The monoisotopic (exact) mass is 378 g/mol. The summed E-state index contributed by atoms with van der Waals surface area (Å²) in [6.07, 6.45) is 5.18. The highest BCUT2D eigenvalue weighted by molar-refractivity contribution is 5.80. The Bertz CT molecular complexity index is 599. The first-order chi connectivity index (χ1) is 13.2. The van der Waals surface area contributed by atoms with E-state index in [4.69, 9.17) is 9.26 Å². The second-order valence-electron chi connectivity index (χ2n) is 7.51. The maximum absolute atomic E-state index is 5.50. The van der Waals surface area contributed by atoms with E-state index < -0.39 is 0 Å². The lowest BCUT2D eigenvalue weighted by molar-refractivity contribution is 0.0683. The maximum Gasteiger partial charge on any atom is 0.246 e. The van der Waals surface area contributed by atoms with Gasteiger partial charge < -0.3 is 24.4 Å². The maximum atomic E-state index is 5.50. The van der Waals surface area contributed by atoms with Crippen LogP contribution in [-0.4, -0.2) is 72.3 Å². The first-order valence-corrected chi connectivity index (χ1v) is 10.3. The van der Waals surface area contributed by atoms with Crippen molar-refractivity contribution < 1.29 is 9.26 Å². The lowest BCUT2D eigenvalue weighted by atomic mass is 10.1. The fraction of sp³-hybridized carbons (Fsp3) is 0.842. The predicted octanol–water partition coefficient (Wildman–Crippen LogP) is 2.05. The molecular weight excluding hydrogens is 344 g/mol. The molecule has 1 aromatic heterocycles. The van der Waals surface area contributed by atoms with Gasteiger partial charge in [-0.2, -0.15) is 4.98 Å². The number of nitrogens with zero attached hydrogens (tertiary/aromatic N) is 5. The Kier molecular flexibility index (Phi) is 7.46. The van der Waals surface area contributed by atoms with Gasteiger partial charge in [-0.3, -0.25) is 4.99 Å². The predicted molar refractivity (Wildman–Crippen MR) is 105 cm³/mol. The zero-order chi connectivity index (χ0) is 19.1. The summed E-state index contributed by atoms with van der Waals surface area (Å²) in [6, 6.07) is 0. The van der Waals surface area contributed by atoms with Crippen LogP contribution in [0.5, 0.6) is 0 Å². The Labute approximate surface area is 162 Å². The fourth-order valence-electron chi connectivity index (χ4n) is 4.00. The van der Waals surface area contributed by atoms with Crippen molar-refractivity contribution in [2.75, 3.05) is 46.4 Å². The first kappa shape index (κ1) is 20.1. The summed E-state index contributed by atoms with van der Waals surface area (Å²) in [6.45, 7) is 10.9. The summed E-state index contributed by atoms with van der Waals surface area (Å²) < 4.78 is 10.8. The number of ether oxygens (including phenoxy) is 1. The molecule has 152 valence electrons. The van der Waals surface area contributed by atoms with Crippen molar-refractivity contribution in [1.29, 1.82) is 0 Å². The summed E-state index contributed by atoms with van der Waals surface area (Å²) in [5.41, 5.74) is 0. The smallest absolute Gasteiger partial charge is 0.246 e. The Morgan fingerprint density at radius 2 is 2.15 bits per heavy atom. The molecule has 0 saturated carbocycles. The summed E-state index contributed by atoms with van der Waals surface area (Å²) in [7, 11) is 1.83. The summed E-state index contributed by atoms with van der Waals surface area (Å²) >= 11 is 0. The van der Waals surface area contributed by atoms with E-state index in [2.05, 4.69) is 30.2 Å². The van der Waals surface area contributed by atoms with Crippen LogP contribution in [0.4, 0.5) is 0 Å². The van der Waals surface area contributed by atoms with E-state index in [0.717, 1.165) is 25.0 Å². The first-order valence-electron chi connectivity index (χ1n) is 10.3. The van der Waals surface area contributed by atoms with Gasteiger partial charge in [-0.15, -0.1) is 0 Å². The van der Waals surface area contributed by atoms with Crippen LogP contribution in [0.1, 0.15) is 57.3 Å². The lowest BCUT2D eigenvalue weighted by Crippen LogP contribution is -2.41. The molecule has 8 heteroatoms. The molecular formula is C19H34N6O2. The van der Waals surface area contributed by atoms with Crippen LogP contribution in [0.2, 0.25) is 0 Å². The number of hydrogen-bond acceptors (Lipinski definition) is 6. The molecule has 0 radical (unpaired) electrons. The van der Waals surface area contributed by atoms with Gasteiger partial charge in [0.15, 0.2) is 11.8 Å². The Morgan fingerprint density at radius 1 is 1.33 bits per heavy atom. The Balaban J connectivity index is 1.45. The molecule has 3 rings (SSSR count). The number of piperidine rings is 1. The number of guanidine groups is 1. The molecule has 8 nitrogen and oxygen atoms in total. The van der Waals surface area contributed by atoms with Crippen LogP contribution < -0.4 is 5.32 Å². The van der Waals surface area contributed by atoms with E-state index in [1.807, 2.05) is 20.9 Å². The number of nitrogens with one attached hydrogen (secondary N) is 1. The molecule has 2 fully saturated rings. The molecule has 27 heavy (non-hydrogen) atoms. The van der Waals surface area contributed by atoms with Gasteiger partial charge in [-0.1, -0.05) is 11.6 Å². The Morgan fingerprint density at radius 3 is 2.89 bits per heavy atom. The topological polar surface area (TPSA) is 79.0 Å². The molecule has 2 aliphatic heterocycles. The minimum atomic E-state index is -0.152. The van der Waals surface area contributed by atoms with Crippen LogP contribution in [0, 0.1) is 5.92 Å². The average molecular weight is 379 g/mol. The molecule has 0 bridgehead atoms. The third-order valence-corrected chi connectivity index (χ3v) is 5.42. The minimum absolute atomic E-state index is 0.152. The van der Waals surface area contributed by atoms with Gasteiger partial charge in [0.2, 0.25) is 5.89 Å². The van der Waals surface area contributed by atoms with E-state index in [0.29, 0.717) is 24.9 Å². The lowest BCUT2D eigenvalue weighted by Gasteiger charge is -2.29. The standard InChI is InChI=1S/C19H34N6O2/c1-4-26-15(2)18-22-17(27-23-18)12-21-19(20-3)25-11-8-16(14-25)13-24-9-6-5-7-10-24/h15-16H,4-14H2,1-3H3,(H,20,21). The normalized spacial score (nSPS) is 23.0. The van der Waals surface area contributed by atoms with Crippen LogP contribution >= 0.6 is 0 Å². The molecule has 0 spiro atoms. The van der Waals surface area contributed by atoms with Gasteiger partial charge in [0.25, 0.3) is 0 Å². The SMILES string of the molecule is CCOC(C)c1noc(CNC(=NC)N2CCC(CN3CCCCC3)C2)n1. The largest absolute Gasteiger partial charge is 0.371 e. The quantitative estimate of drug-likeness (QED) is 0.574. The van der Waals surface area contributed by atoms with Gasteiger partial charge in [0, 0.05) is 33.3 Å². The van der Waals surface area contributed by atoms with Crippen LogP contribution in [0.3, 0.4) is 0 Å². The van der Waals surface area contributed by atoms with Gasteiger partial charge in [-0.05, 0) is 52.1 Å². The van der Waals surface area contributed by atoms with E-state index in [1.165, 1.54) is 45.3 Å². The van der Waals surface area contributed by atoms with Crippen molar-refractivity contribution in [2.24, 2.45) is 10.9 Å². The number of aliphatic imine (C=N–C) groups is 1. The number of likely N-dealkylation sites (tertiary alicyclic amines) is 2. The second kappa shape index (κ2) is 10.0. The van der Waals surface area contributed by atoms with Crippen LogP contribution in [0.15, 0.2) is 9.52 Å². The van der Waals surface area contributed by atoms with Crippen molar-refractivity contribution in [1.82, 2.24) is 25.3 Å². The molecule has 2 unspecified atom stereocenters. The number of aromatic nitrogens is 2. The van der Waals surface area contributed by atoms with Gasteiger partial charge in [0.1, 0.15) is 6.10 Å². The van der Waals surface area contributed by atoms with Crippen molar-refractivity contribution in [3.05, 3.63) is 11.7 Å².